The van der Waals surface area contributed by atoms with Gasteiger partial charge in [0.25, 0.3) is 5.91 Å². The van der Waals surface area contributed by atoms with Gasteiger partial charge in [0, 0.05) is 49.8 Å². The number of aryl methyl sites for hydroxylation is 1. The third-order valence-corrected chi connectivity index (χ3v) is 4.87. The molecule has 1 aromatic carbocycles. The van der Waals surface area contributed by atoms with Crippen LogP contribution in [-0.4, -0.2) is 47.0 Å². The van der Waals surface area contributed by atoms with Crippen molar-refractivity contribution < 1.29 is 4.79 Å². The van der Waals surface area contributed by atoms with Crippen molar-refractivity contribution in [3.8, 4) is 0 Å². The van der Waals surface area contributed by atoms with Crippen molar-refractivity contribution in [1.82, 2.24) is 14.9 Å². The fourth-order valence-electron chi connectivity index (χ4n) is 3.28. The molecule has 1 aliphatic rings. The minimum atomic E-state index is 0.0371. The molecule has 1 fully saturated rings. The molecular formula is C22H23N5O. The lowest BCUT2D eigenvalue weighted by atomic mass is 10.2. The number of nitrogens with zero attached hydrogens (tertiary/aromatic N) is 4. The molecule has 6 nitrogen and oxygen atoms in total. The normalized spacial score (nSPS) is 14.0. The van der Waals surface area contributed by atoms with Gasteiger partial charge < -0.3 is 15.1 Å². The first-order chi connectivity index (χ1) is 13.7. The van der Waals surface area contributed by atoms with Gasteiger partial charge in [-0.25, -0.2) is 9.97 Å². The number of carbonyl (C=O) groups is 1. The number of piperazine rings is 1. The van der Waals surface area contributed by atoms with Crippen molar-refractivity contribution in [2.24, 2.45) is 0 Å². The van der Waals surface area contributed by atoms with Crippen LogP contribution in [0.1, 0.15) is 15.9 Å². The average Bonchev–Trinajstić information content (AvgIpc) is 2.76. The van der Waals surface area contributed by atoms with Gasteiger partial charge in [0.05, 0.1) is 0 Å². The molecular weight excluding hydrogens is 350 g/mol. The minimum absolute atomic E-state index is 0.0371. The highest BCUT2D eigenvalue weighted by Crippen LogP contribution is 2.18. The lowest BCUT2D eigenvalue weighted by Crippen LogP contribution is -2.49. The van der Waals surface area contributed by atoms with E-state index < -0.39 is 0 Å². The Bertz CT molecular complexity index is 935. The van der Waals surface area contributed by atoms with Gasteiger partial charge in [-0.1, -0.05) is 23.8 Å². The molecule has 0 saturated carbocycles. The van der Waals surface area contributed by atoms with E-state index in [9.17, 15) is 4.79 Å². The molecule has 0 atom stereocenters. The molecule has 0 radical (unpaired) electrons. The van der Waals surface area contributed by atoms with Gasteiger partial charge in [0.15, 0.2) is 0 Å². The molecule has 0 spiro atoms. The SMILES string of the molecule is Cc1ccc(Nc2cc(C(=O)N3CCN(c4ccccn4)CC3)ccn2)cc1. The number of anilines is 3. The number of benzene rings is 1. The second-order valence-corrected chi connectivity index (χ2v) is 6.89. The van der Waals surface area contributed by atoms with Gasteiger partial charge in [0.2, 0.25) is 0 Å². The largest absolute Gasteiger partial charge is 0.353 e. The Kier molecular flexibility index (Phi) is 5.19. The zero-order valence-electron chi connectivity index (χ0n) is 15.9. The highest BCUT2D eigenvalue weighted by molar-refractivity contribution is 5.95. The van der Waals surface area contributed by atoms with Crippen molar-refractivity contribution in [2.75, 3.05) is 36.4 Å². The smallest absolute Gasteiger partial charge is 0.254 e. The van der Waals surface area contributed by atoms with Crippen LogP contribution in [0.4, 0.5) is 17.3 Å². The molecule has 142 valence electrons. The quantitative estimate of drug-likeness (QED) is 0.759. The van der Waals surface area contributed by atoms with Crippen molar-refractivity contribution in [1.29, 1.82) is 0 Å². The van der Waals surface area contributed by atoms with E-state index in [0.29, 0.717) is 24.5 Å². The van der Waals surface area contributed by atoms with Crippen molar-refractivity contribution in [3.63, 3.8) is 0 Å². The lowest BCUT2D eigenvalue weighted by molar-refractivity contribution is 0.0746. The molecule has 1 saturated heterocycles. The second kappa shape index (κ2) is 8.08. The molecule has 1 aliphatic heterocycles. The average molecular weight is 373 g/mol. The van der Waals surface area contributed by atoms with Crippen LogP contribution in [0.3, 0.4) is 0 Å². The number of nitrogens with one attached hydrogen (secondary N) is 1. The van der Waals surface area contributed by atoms with E-state index in [4.69, 9.17) is 0 Å². The maximum Gasteiger partial charge on any atom is 0.254 e. The highest BCUT2D eigenvalue weighted by Gasteiger charge is 2.23. The van der Waals surface area contributed by atoms with E-state index in [2.05, 4.69) is 27.1 Å². The van der Waals surface area contributed by atoms with Gasteiger partial charge in [-0.05, 0) is 43.3 Å². The zero-order valence-corrected chi connectivity index (χ0v) is 15.9. The Morgan fingerprint density at radius 2 is 1.71 bits per heavy atom. The van der Waals surface area contributed by atoms with Gasteiger partial charge in [-0.3, -0.25) is 4.79 Å². The molecule has 1 N–H and O–H groups in total. The summed E-state index contributed by atoms with van der Waals surface area (Å²) in [4.78, 5) is 25.8. The van der Waals surface area contributed by atoms with Gasteiger partial charge in [-0.2, -0.15) is 0 Å². The lowest BCUT2D eigenvalue weighted by Gasteiger charge is -2.35. The third kappa shape index (κ3) is 4.11. The van der Waals surface area contributed by atoms with Crippen molar-refractivity contribution >= 4 is 23.2 Å². The van der Waals surface area contributed by atoms with Crippen LogP contribution in [0.5, 0.6) is 0 Å². The van der Waals surface area contributed by atoms with E-state index in [1.165, 1.54) is 5.56 Å². The van der Waals surface area contributed by atoms with Crippen LogP contribution in [0.2, 0.25) is 0 Å². The first kappa shape index (κ1) is 18.0. The van der Waals surface area contributed by atoms with Crippen LogP contribution >= 0.6 is 0 Å². The molecule has 4 rings (SSSR count). The Labute approximate surface area is 164 Å². The van der Waals surface area contributed by atoms with Crippen LogP contribution in [0, 0.1) is 6.92 Å². The summed E-state index contributed by atoms with van der Waals surface area (Å²) in [5.74, 6) is 1.67. The summed E-state index contributed by atoms with van der Waals surface area (Å²) in [5, 5.41) is 3.26. The van der Waals surface area contributed by atoms with Crippen LogP contribution < -0.4 is 10.2 Å². The predicted molar refractivity (Wildman–Crippen MR) is 111 cm³/mol. The first-order valence-electron chi connectivity index (χ1n) is 9.44. The number of hydrogen-bond acceptors (Lipinski definition) is 5. The van der Waals surface area contributed by atoms with Crippen LogP contribution in [0.15, 0.2) is 67.0 Å². The van der Waals surface area contributed by atoms with Gasteiger partial charge in [-0.15, -0.1) is 0 Å². The number of rotatable bonds is 4. The topological polar surface area (TPSA) is 61.4 Å². The number of aromatic nitrogens is 2. The summed E-state index contributed by atoms with van der Waals surface area (Å²) in [7, 11) is 0. The van der Waals surface area contributed by atoms with E-state index >= 15 is 0 Å². The minimum Gasteiger partial charge on any atom is -0.353 e. The Morgan fingerprint density at radius 3 is 2.43 bits per heavy atom. The maximum atomic E-state index is 12.9. The van der Waals surface area contributed by atoms with E-state index in [1.54, 1.807) is 18.5 Å². The van der Waals surface area contributed by atoms with E-state index in [-0.39, 0.29) is 5.91 Å². The molecule has 6 heteroatoms. The summed E-state index contributed by atoms with van der Waals surface area (Å²) >= 11 is 0. The van der Waals surface area contributed by atoms with Crippen molar-refractivity contribution in [3.05, 3.63) is 78.1 Å². The summed E-state index contributed by atoms with van der Waals surface area (Å²) in [6.07, 6.45) is 3.47. The summed E-state index contributed by atoms with van der Waals surface area (Å²) in [5.41, 5.74) is 2.80. The summed E-state index contributed by atoms with van der Waals surface area (Å²) in [6, 6.07) is 17.6. The first-order valence-corrected chi connectivity index (χ1v) is 9.44. The summed E-state index contributed by atoms with van der Waals surface area (Å²) in [6.45, 7) is 4.97. The molecule has 1 amide bonds. The fourth-order valence-corrected chi connectivity index (χ4v) is 3.28. The molecule has 0 aliphatic carbocycles. The number of hydrogen-bond donors (Lipinski definition) is 1. The van der Waals surface area contributed by atoms with Crippen LogP contribution in [0.25, 0.3) is 0 Å². The Morgan fingerprint density at radius 1 is 0.929 bits per heavy atom. The zero-order chi connectivity index (χ0) is 19.3. The number of amides is 1. The molecule has 0 unspecified atom stereocenters. The third-order valence-electron chi connectivity index (χ3n) is 4.87. The second-order valence-electron chi connectivity index (χ2n) is 6.89. The Balaban J connectivity index is 1.40. The van der Waals surface area contributed by atoms with Crippen LogP contribution in [-0.2, 0) is 0 Å². The number of carbonyl (C=O) groups excluding carboxylic acids is 1. The predicted octanol–water partition coefficient (Wildman–Crippen LogP) is 3.49. The Hall–Kier alpha value is -3.41. The van der Waals surface area contributed by atoms with Gasteiger partial charge >= 0.3 is 0 Å². The highest BCUT2D eigenvalue weighted by atomic mass is 16.2. The standard InChI is InChI=1S/C22H23N5O/c1-17-5-7-19(8-6-17)25-20-16-18(9-11-23-20)22(28)27-14-12-26(13-15-27)21-4-2-3-10-24-21/h2-11,16H,12-15H2,1H3,(H,23,25). The monoisotopic (exact) mass is 373 g/mol. The van der Waals surface area contributed by atoms with E-state index in [0.717, 1.165) is 24.6 Å². The number of pyridine rings is 2. The molecule has 28 heavy (non-hydrogen) atoms. The summed E-state index contributed by atoms with van der Waals surface area (Å²) < 4.78 is 0. The maximum absolute atomic E-state index is 12.9. The molecule has 0 bridgehead atoms. The molecule has 3 aromatic rings. The van der Waals surface area contributed by atoms with Crippen molar-refractivity contribution in [2.45, 2.75) is 6.92 Å². The van der Waals surface area contributed by atoms with E-state index in [1.807, 2.05) is 53.4 Å². The molecule has 2 aromatic heterocycles. The molecule has 3 heterocycles. The fraction of sp³-hybridized carbons (Fsp3) is 0.227. The van der Waals surface area contributed by atoms with Gasteiger partial charge in [0.1, 0.15) is 11.6 Å².